The molecule has 0 saturated carbocycles. The molecule has 0 radical (unpaired) electrons. The fourth-order valence-electron chi connectivity index (χ4n) is 3.27. The number of anilines is 3. The van der Waals surface area contributed by atoms with Crippen molar-refractivity contribution in [3.05, 3.63) is 35.7 Å². The average Bonchev–Trinajstić information content (AvgIpc) is 2.55. The second-order valence-electron chi connectivity index (χ2n) is 6.55. The van der Waals surface area contributed by atoms with Gasteiger partial charge in [0.05, 0.1) is 6.54 Å². The van der Waals surface area contributed by atoms with Gasteiger partial charge in [-0.2, -0.15) is 15.0 Å². The highest BCUT2D eigenvalue weighted by atomic mass is 15.2. The van der Waals surface area contributed by atoms with Crippen molar-refractivity contribution < 1.29 is 0 Å². The third-order valence-corrected chi connectivity index (χ3v) is 4.45. The maximum absolute atomic E-state index is 5.90. The number of nitrogens with two attached hydrogens (primary N) is 1. The lowest BCUT2D eigenvalue weighted by molar-refractivity contribution is 0.173. The summed E-state index contributed by atoms with van der Waals surface area (Å²) in [4.78, 5) is 15.5. The van der Waals surface area contributed by atoms with E-state index in [0.29, 0.717) is 5.95 Å². The number of para-hydroxylation sites is 1. The number of aromatic nitrogens is 3. The monoisotopic (exact) mass is 326 g/mol. The molecule has 1 fully saturated rings. The molecule has 0 bridgehead atoms. The highest BCUT2D eigenvalue weighted by Gasteiger charge is 2.18. The number of aryl methyl sites for hydroxylation is 1. The molecule has 1 aliphatic heterocycles. The third kappa shape index (κ3) is 4.20. The van der Waals surface area contributed by atoms with Crippen molar-refractivity contribution in [3.63, 3.8) is 0 Å². The van der Waals surface area contributed by atoms with Crippen molar-refractivity contribution >= 4 is 17.6 Å². The van der Waals surface area contributed by atoms with Gasteiger partial charge in [0.15, 0.2) is 0 Å². The molecule has 2 heterocycles. The van der Waals surface area contributed by atoms with Crippen LogP contribution in [0.4, 0.5) is 17.6 Å². The van der Waals surface area contributed by atoms with Gasteiger partial charge >= 0.3 is 0 Å². The number of rotatable bonds is 5. The first-order valence-electron chi connectivity index (χ1n) is 8.71. The Labute approximate surface area is 143 Å². The van der Waals surface area contributed by atoms with Gasteiger partial charge in [0.1, 0.15) is 5.82 Å². The molecular weight excluding hydrogens is 300 g/mol. The smallest absolute Gasteiger partial charge is 0.232 e. The summed E-state index contributed by atoms with van der Waals surface area (Å²) in [5.41, 5.74) is 8.14. The Balaban J connectivity index is 1.76. The molecule has 24 heavy (non-hydrogen) atoms. The van der Waals surface area contributed by atoms with Crippen LogP contribution in [0, 0.1) is 5.92 Å². The number of hydrogen-bond acceptors (Lipinski definition) is 6. The molecule has 3 rings (SSSR count). The third-order valence-electron chi connectivity index (χ3n) is 4.45. The molecule has 1 aromatic heterocycles. The van der Waals surface area contributed by atoms with Crippen LogP contribution in [0.2, 0.25) is 0 Å². The quantitative estimate of drug-likeness (QED) is 0.879. The van der Waals surface area contributed by atoms with Gasteiger partial charge in [0.25, 0.3) is 0 Å². The first-order valence-corrected chi connectivity index (χ1v) is 8.71. The van der Waals surface area contributed by atoms with Crippen molar-refractivity contribution in [2.45, 2.75) is 39.7 Å². The molecule has 6 heteroatoms. The molecule has 0 spiro atoms. The minimum absolute atomic E-state index is 0.265. The number of hydrogen-bond donors (Lipinski definition) is 2. The van der Waals surface area contributed by atoms with Crippen LogP contribution in [0.25, 0.3) is 0 Å². The van der Waals surface area contributed by atoms with E-state index in [1.165, 1.54) is 18.4 Å². The van der Waals surface area contributed by atoms with Gasteiger partial charge in [-0.1, -0.05) is 32.0 Å². The van der Waals surface area contributed by atoms with Gasteiger partial charge in [-0.05, 0) is 43.4 Å². The van der Waals surface area contributed by atoms with E-state index in [1.807, 2.05) is 18.2 Å². The normalized spacial score (nSPS) is 18.5. The largest absolute Gasteiger partial charge is 0.368 e. The fraction of sp³-hybridized carbons (Fsp3) is 0.500. The van der Waals surface area contributed by atoms with Crippen molar-refractivity contribution in [3.8, 4) is 0 Å². The molecular formula is C18H26N6. The summed E-state index contributed by atoms with van der Waals surface area (Å²) < 4.78 is 0. The van der Waals surface area contributed by atoms with Crippen LogP contribution in [-0.4, -0.2) is 32.9 Å². The molecule has 128 valence electrons. The maximum Gasteiger partial charge on any atom is 0.232 e. The van der Waals surface area contributed by atoms with Crippen LogP contribution in [0.15, 0.2) is 24.3 Å². The van der Waals surface area contributed by atoms with Crippen molar-refractivity contribution in [2.75, 3.05) is 24.1 Å². The van der Waals surface area contributed by atoms with Crippen LogP contribution in [0.5, 0.6) is 0 Å². The second kappa shape index (κ2) is 7.57. The van der Waals surface area contributed by atoms with Gasteiger partial charge in [-0.15, -0.1) is 0 Å². The van der Waals surface area contributed by atoms with Crippen LogP contribution in [0.1, 0.15) is 38.1 Å². The summed E-state index contributed by atoms with van der Waals surface area (Å²) in [5, 5.41) is 3.29. The van der Waals surface area contributed by atoms with Gasteiger partial charge < -0.3 is 11.1 Å². The Kier molecular flexibility index (Phi) is 5.25. The average molecular weight is 326 g/mol. The molecule has 1 saturated heterocycles. The van der Waals surface area contributed by atoms with Crippen LogP contribution in [0.3, 0.4) is 0 Å². The zero-order chi connectivity index (χ0) is 16.9. The highest BCUT2D eigenvalue weighted by Crippen LogP contribution is 2.20. The fourth-order valence-corrected chi connectivity index (χ4v) is 3.27. The van der Waals surface area contributed by atoms with Gasteiger partial charge in [-0.25, -0.2) is 0 Å². The van der Waals surface area contributed by atoms with Crippen LogP contribution >= 0.6 is 0 Å². The number of benzene rings is 1. The lowest BCUT2D eigenvalue weighted by Crippen LogP contribution is -2.34. The summed E-state index contributed by atoms with van der Waals surface area (Å²) in [6, 6.07) is 8.17. The summed E-state index contributed by atoms with van der Waals surface area (Å²) >= 11 is 0. The molecule has 0 aliphatic carbocycles. The predicted octanol–water partition coefficient (Wildman–Crippen LogP) is 2.99. The molecule has 1 atom stereocenters. The highest BCUT2D eigenvalue weighted by molar-refractivity contribution is 5.58. The maximum atomic E-state index is 5.90. The molecule has 3 N–H and O–H groups in total. The lowest BCUT2D eigenvalue weighted by atomic mass is 10.0. The number of nitrogen functional groups attached to an aromatic ring is 1. The lowest BCUT2D eigenvalue weighted by Gasteiger charge is -2.30. The van der Waals surface area contributed by atoms with Gasteiger partial charge in [0.2, 0.25) is 11.9 Å². The molecule has 1 aliphatic rings. The second-order valence-corrected chi connectivity index (χ2v) is 6.55. The molecule has 2 aromatic rings. The summed E-state index contributed by atoms with van der Waals surface area (Å²) in [6.45, 7) is 7.33. The number of nitrogens with zero attached hydrogens (tertiary/aromatic N) is 4. The van der Waals surface area contributed by atoms with Crippen molar-refractivity contribution in [1.82, 2.24) is 19.9 Å². The van der Waals surface area contributed by atoms with Crippen LogP contribution < -0.4 is 11.1 Å². The molecule has 6 nitrogen and oxygen atoms in total. The van der Waals surface area contributed by atoms with E-state index in [1.54, 1.807) is 0 Å². The summed E-state index contributed by atoms with van der Waals surface area (Å²) in [7, 11) is 0. The zero-order valence-electron chi connectivity index (χ0n) is 14.5. The summed E-state index contributed by atoms with van der Waals surface area (Å²) in [5.74, 6) is 2.24. The number of nitrogens with one attached hydrogen (secondary N) is 1. The first-order chi connectivity index (χ1) is 11.6. The number of likely N-dealkylation sites (tertiary alicyclic amines) is 1. The van der Waals surface area contributed by atoms with Gasteiger partial charge in [-0.3, -0.25) is 4.90 Å². The Morgan fingerprint density at radius 2 is 2.08 bits per heavy atom. The van der Waals surface area contributed by atoms with E-state index >= 15 is 0 Å². The van der Waals surface area contributed by atoms with E-state index in [-0.39, 0.29) is 5.95 Å². The Bertz CT molecular complexity index is 687. The molecule has 1 aromatic carbocycles. The minimum atomic E-state index is 0.265. The van der Waals surface area contributed by atoms with E-state index in [2.05, 4.69) is 45.1 Å². The van der Waals surface area contributed by atoms with E-state index in [9.17, 15) is 0 Å². The first kappa shape index (κ1) is 16.6. The predicted molar refractivity (Wildman–Crippen MR) is 97.0 cm³/mol. The van der Waals surface area contributed by atoms with Gasteiger partial charge in [0, 0.05) is 12.2 Å². The standard InChI is InChI=1S/C18H26N6/c1-3-14-8-4-5-9-15(14)20-18-22-16(21-17(19)23-18)12-24-10-6-7-13(2)11-24/h4-5,8-9,13H,3,6-7,10-12H2,1-2H3,(H3,19,20,21,22,23)/t13-/m0/s1. The molecule has 0 amide bonds. The zero-order valence-corrected chi connectivity index (χ0v) is 14.5. The SMILES string of the molecule is CCc1ccccc1Nc1nc(N)nc(CN2CCC[C@H](C)C2)n1. The topological polar surface area (TPSA) is 80.0 Å². The molecule has 0 unspecified atom stereocenters. The van der Waals surface area contributed by atoms with E-state index < -0.39 is 0 Å². The number of piperidine rings is 1. The van der Waals surface area contributed by atoms with E-state index in [4.69, 9.17) is 5.73 Å². The Hall–Kier alpha value is -2.21. The van der Waals surface area contributed by atoms with Crippen molar-refractivity contribution in [2.24, 2.45) is 5.92 Å². The van der Waals surface area contributed by atoms with Crippen molar-refractivity contribution in [1.29, 1.82) is 0 Å². The minimum Gasteiger partial charge on any atom is -0.368 e. The van der Waals surface area contributed by atoms with Crippen LogP contribution in [-0.2, 0) is 13.0 Å². The Morgan fingerprint density at radius 1 is 1.25 bits per heavy atom. The van der Waals surface area contributed by atoms with E-state index in [0.717, 1.165) is 43.5 Å². The summed E-state index contributed by atoms with van der Waals surface area (Å²) in [6.07, 6.45) is 3.48. The Morgan fingerprint density at radius 3 is 2.88 bits per heavy atom.